The number of hydrogen-bond donors (Lipinski definition) is 2. The van der Waals surface area contributed by atoms with E-state index in [1.165, 1.54) is 36.4 Å². The molecule has 10 heteroatoms. The van der Waals surface area contributed by atoms with Crippen LogP contribution < -0.4 is 16.2 Å². The molecule has 2 atom stereocenters. The monoisotopic (exact) mass is 447 g/mol. The number of pyridine rings is 1. The largest absolute Gasteiger partial charge is 0.480 e. The standard InChI is InChI=1S/C14H20N4O2.C7H6ClNO2/c1-7(17(3)4)8(2)18-13(19)9-5-11(15)12(16)6-10(9)14(18)20;1-11-7-5(4-10)6(8)2-3-9-7/h5-8H,15-16H2,1-4H3;2-4H,1H3. The van der Waals surface area contributed by atoms with Gasteiger partial charge < -0.3 is 21.1 Å². The fourth-order valence-electron chi connectivity index (χ4n) is 3.06. The summed E-state index contributed by atoms with van der Waals surface area (Å²) in [5.41, 5.74) is 13.0. The third-order valence-electron chi connectivity index (χ3n) is 5.25. The molecule has 3 rings (SSSR count). The van der Waals surface area contributed by atoms with Gasteiger partial charge in [0, 0.05) is 12.2 Å². The quantitative estimate of drug-likeness (QED) is 0.405. The Hall–Kier alpha value is -3.17. The van der Waals surface area contributed by atoms with Crippen molar-refractivity contribution in [2.45, 2.75) is 25.9 Å². The molecule has 1 aromatic carbocycles. The summed E-state index contributed by atoms with van der Waals surface area (Å²) >= 11 is 5.66. The Morgan fingerprint density at radius 3 is 2.03 bits per heavy atom. The minimum atomic E-state index is -0.307. The van der Waals surface area contributed by atoms with Crippen molar-refractivity contribution in [2.75, 3.05) is 32.7 Å². The molecule has 2 heterocycles. The van der Waals surface area contributed by atoms with Crippen LogP contribution in [0.4, 0.5) is 11.4 Å². The molecule has 31 heavy (non-hydrogen) atoms. The number of anilines is 2. The van der Waals surface area contributed by atoms with E-state index in [9.17, 15) is 14.4 Å². The predicted molar refractivity (Wildman–Crippen MR) is 120 cm³/mol. The molecular weight excluding hydrogens is 422 g/mol. The maximum absolute atomic E-state index is 12.4. The highest BCUT2D eigenvalue weighted by atomic mass is 35.5. The first kappa shape index (κ1) is 24.1. The van der Waals surface area contributed by atoms with Gasteiger partial charge in [0.15, 0.2) is 6.29 Å². The lowest BCUT2D eigenvalue weighted by atomic mass is 10.1. The van der Waals surface area contributed by atoms with E-state index in [1.54, 1.807) is 0 Å². The Morgan fingerprint density at radius 2 is 1.65 bits per heavy atom. The number of aldehydes is 1. The molecule has 1 aliphatic heterocycles. The van der Waals surface area contributed by atoms with Gasteiger partial charge in [-0.1, -0.05) is 11.6 Å². The van der Waals surface area contributed by atoms with Gasteiger partial charge in [0.2, 0.25) is 5.88 Å². The fourth-order valence-corrected chi connectivity index (χ4v) is 3.24. The van der Waals surface area contributed by atoms with E-state index in [4.69, 9.17) is 27.8 Å². The number of hydrogen-bond acceptors (Lipinski definition) is 8. The van der Waals surface area contributed by atoms with Gasteiger partial charge in [-0.25, -0.2) is 4.98 Å². The van der Waals surface area contributed by atoms with Gasteiger partial charge in [-0.05, 0) is 46.1 Å². The highest BCUT2D eigenvalue weighted by Crippen LogP contribution is 2.31. The molecule has 0 saturated carbocycles. The topological polar surface area (TPSA) is 132 Å². The number of likely N-dealkylation sites (N-methyl/N-ethyl adjacent to an activating group) is 1. The van der Waals surface area contributed by atoms with Gasteiger partial charge in [-0.15, -0.1) is 0 Å². The number of fused-ring (bicyclic) bond motifs is 1. The Kier molecular flexibility index (Phi) is 7.59. The number of nitrogens with zero attached hydrogens (tertiary/aromatic N) is 3. The number of methoxy groups -OCH3 is 1. The third-order valence-corrected chi connectivity index (χ3v) is 5.58. The van der Waals surface area contributed by atoms with Crippen molar-refractivity contribution in [2.24, 2.45) is 0 Å². The molecule has 0 bridgehead atoms. The van der Waals surface area contributed by atoms with Crippen molar-refractivity contribution < 1.29 is 19.1 Å². The van der Waals surface area contributed by atoms with Crippen LogP contribution in [0.25, 0.3) is 0 Å². The molecule has 1 aromatic heterocycles. The lowest BCUT2D eigenvalue weighted by molar-refractivity contribution is 0.0524. The van der Waals surface area contributed by atoms with E-state index >= 15 is 0 Å². The third kappa shape index (κ3) is 4.78. The smallest absolute Gasteiger partial charge is 0.261 e. The van der Waals surface area contributed by atoms with Crippen molar-refractivity contribution in [1.82, 2.24) is 14.8 Å². The fraction of sp³-hybridized carbons (Fsp3) is 0.333. The molecule has 0 aliphatic carbocycles. The summed E-state index contributed by atoms with van der Waals surface area (Å²) in [5.74, 6) is -0.358. The Bertz CT molecular complexity index is 971. The van der Waals surface area contributed by atoms with Crippen molar-refractivity contribution >= 4 is 41.1 Å². The molecule has 166 valence electrons. The van der Waals surface area contributed by atoms with Crippen LogP contribution in [0.1, 0.15) is 44.9 Å². The van der Waals surface area contributed by atoms with E-state index in [2.05, 4.69) is 4.98 Å². The molecule has 9 nitrogen and oxygen atoms in total. The van der Waals surface area contributed by atoms with Gasteiger partial charge in [0.05, 0.1) is 46.2 Å². The van der Waals surface area contributed by atoms with Gasteiger partial charge >= 0.3 is 0 Å². The lowest BCUT2D eigenvalue weighted by Crippen LogP contribution is -2.48. The molecule has 0 spiro atoms. The van der Waals surface area contributed by atoms with Crippen LogP contribution in [-0.2, 0) is 0 Å². The number of nitrogens with two attached hydrogens (primary N) is 2. The average molecular weight is 448 g/mol. The Morgan fingerprint density at radius 1 is 1.13 bits per heavy atom. The number of carbonyl (C=O) groups excluding carboxylic acids is 3. The van der Waals surface area contributed by atoms with E-state index in [0.29, 0.717) is 33.8 Å². The van der Waals surface area contributed by atoms with E-state index in [0.717, 1.165) is 0 Å². The Balaban J connectivity index is 0.000000262. The molecule has 2 amide bonds. The second-order valence-electron chi connectivity index (χ2n) is 7.29. The van der Waals surface area contributed by atoms with Crippen molar-refractivity contribution in [3.8, 4) is 5.88 Å². The summed E-state index contributed by atoms with van der Waals surface area (Å²) in [7, 11) is 5.26. The first-order chi connectivity index (χ1) is 14.5. The second kappa shape index (κ2) is 9.76. The van der Waals surface area contributed by atoms with Crippen LogP contribution in [0.2, 0.25) is 5.02 Å². The van der Waals surface area contributed by atoms with Gasteiger partial charge in [0.25, 0.3) is 11.8 Å². The number of halogens is 1. The van der Waals surface area contributed by atoms with Gasteiger partial charge in [-0.2, -0.15) is 0 Å². The maximum atomic E-state index is 12.4. The van der Waals surface area contributed by atoms with E-state index < -0.39 is 0 Å². The highest BCUT2D eigenvalue weighted by Gasteiger charge is 2.40. The zero-order chi connectivity index (χ0) is 23.5. The Labute approximate surface area is 185 Å². The normalized spacial score (nSPS) is 14.6. The van der Waals surface area contributed by atoms with E-state index in [-0.39, 0.29) is 35.3 Å². The second-order valence-corrected chi connectivity index (χ2v) is 7.69. The molecule has 1 aliphatic rings. The van der Waals surface area contributed by atoms with Crippen LogP contribution in [0.5, 0.6) is 5.88 Å². The number of rotatable bonds is 5. The van der Waals surface area contributed by atoms with Crippen LogP contribution in [0, 0.1) is 0 Å². The predicted octanol–water partition coefficient (Wildman–Crippen LogP) is 2.34. The number of imide groups is 1. The van der Waals surface area contributed by atoms with Gasteiger partial charge in [0.1, 0.15) is 0 Å². The van der Waals surface area contributed by atoms with E-state index in [1.807, 2.05) is 32.8 Å². The SMILES string of the molecule is CC(C(C)N1C(=O)c2cc(N)c(N)cc2C1=O)N(C)C.COc1nccc(Cl)c1C=O. The molecule has 0 saturated heterocycles. The number of benzene rings is 1. The number of nitrogen functional groups attached to an aromatic ring is 2. The molecule has 2 aromatic rings. The van der Waals surface area contributed by atoms with Crippen LogP contribution >= 0.6 is 11.6 Å². The minimum absolute atomic E-state index is 0.0481. The number of aromatic nitrogens is 1. The summed E-state index contributed by atoms with van der Waals surface area (Å²) in [5, 5.41) is 0.354. The van der Waals surface area contributed by atoms with Crippen LogP contribution in [-0.4, -0.2) is 66.2 Å². The van der Waals surface area contributed by atoms with Crippen LogP contribution in [0.3, 0.4) is 0 Å². The molecule has 0 fully saturated rings. The zero-order valence-electron chi connectivity index (χ0n) is 18.0. The first-order valence-electron chi connectivity index (χ1n) is 9.42. The minimum Gasteiger partial charge on any atom is -0.480 e. The van der Waals surface area contributed by atoms with Gasteiger partial charge in [-0.3, -0.25) is 19.3 Å². The van der Waals surface area contributed by atoms with Crippen molar-refractivity contribution in [1.29, 1.82) is 0 Å². The average Bonchev–Trinajstić information content (AvgIpc) is 2.97. The number of ether oxygens (including phenoxy) is 1. The highest BCUT2D eigenvalue weighted by molar-refractivity contribution is 6.33. The summed E-state index contributed by atoms with van der Waals surface area (Å²) in [4.78, 5) is 42.3. The number of amides is 2. The molecule has 0 radical (unpaired) electrons. The number of carbonyl (C=O) groups is 3. The zero-order valence-corrected chi connectivity index (χ0v) is 18.8. The van der Waals surface area contributed by atoms with Crippen molar-refractivity contribution in [3.63, 3.8) is 0 Å². The first-order valence-corrected chi connectivity index (χ1v) is 9.79. The maximum Gasteiger partial charge on any atom is 0.261 e. The summed E-state index contributed by atoms with van der Waals surface area (Å²) in [6.07, 6.45) is 2.10. The molecule has 4 N–H and O–H groups in total. The molecule has 2 unspecified atom stereocenters. The van der Waals surface area contributed by atoms with Crippen molar-refractivity contribution in [3.05, 3.63) is 46.1 Å². The summed E-state index contributed by atoms with van der Waals surface area (Å²) < 4.78 is 4.79. The lowest BCUT2D eigenvalue weighted by Gasteiger charge is -2.32. The molecular formula is C21H26ClN5O4. The summed E-state index contributed by atoms with van der Waals surface area (Å²) in [6, 6.07) is 4.32. The summed E-state index contributed by atoms with van der Waals surface area (Å²) in [6.45, 7) is 3.83. The van der Waals surface area contributed by atoms with Crippen LogP contribution in [0.15, 0.2) is 24.4 Å².